The number of esters is 1. The van der Waals surface area contributed by atoms with Crippen LogP contribution in [-0.2, 0) is 14.8 Å². The molecule has 31 heavy (non-hydrogen) atoms. The molecule has 0 unspecified atom stereocenters. The molecule has 3 rings (SSSR count). The summed E-state index contributed by atoms with van der Waals surface area (Å²) in [5, 5.41) is 3.77. The topological polar surface area (TPSA) is 137 Å². The van der Waals surface area contributed by atoms with Gasteiger partial charge in [0.2, 0.25) is 11.8 Å². The first-order chi connectivity index (χ1) is 14.7. The van der Waals surface area contributed by atoms with Crippen molar-refractivity contribution in [2.24, 2.45) is 0 Å². The highest BCUT2D eigenvalue weighted by molar-refractivity contribution is 7.90. The van der Waals surface area contributed by atoms with Crippen LogP contribution in [0.5, 0.6) is 5.88 Å². The van der Waals surface area contributed by atoms with Crippen LogP contribution in [0.2, 0.25) is 0 Å². The molecule has 0 radical (unpaired) electrons. The third-order valence-corrected chi connectivity index (χ3v) is 6.47. The third-order valence-electron chi connectivity index (χ3n) is 3.96. The number of thiophene rings is 1. The number of nitrogens with zero attached hydrogens (tertiary/aromatic N) is 2. The van der Waals surface area contributed by atoms with E-state index in [2.05, 4.69) is 15.3 Å². The minimum atomic E-state index is -4.47. The third kappa shape index (κ3) is 4.98. The number of benzene rings is 1. The largest absolute Gasteiger partial charge is 0.481 e. The van der Waals surface area contributed by atoms with Gasteiger partial charge in [-0.05, 0) is 12.5 Å². The number of sulfonamides is 1. The Kier molecular flexibility index (Phi) is 6.51. The lowest BCUT2D eigenvalue weighted by Gasteiger charge is -2.11. The zero-order valence-electron chi connectivity index (χ0n) is 16.7. The van der Waals surface area contributed by atoms with E-state index in [1.54, 1.807) is 43.3 Å². The Labute approximate surface area is 182 Å². The molecule has 0 bridgehead atoms. The van der Waals surface area contributed by atoms with Crippen molar-refractivity contribution in [2.75, 3.05) is 19.5 Å². The summed E-state index contributed by atoms with van der Waals surface area (Å²) in [6.45, 7) is 1.66. The number of aromatic nitrogens is 2. The molecule has 0 saturated heterocycles. The maximum absolute atomic E-state index is 13.1. The fourth-order valence-electron chi connectivity index (χ4n) is 2.66. The number of aryl methyl sites for hydroxylation is 1. The molecule has 162 valence electrons. The number of hydrogen-bond donors (Lipinski definition) is 2. The van der Waals surface area contributed by atoms with Gasteiger partial charge in [-0.1, -0.05) is 30.3 Å². The van der Waals surface area contributed by atoms with Crippen LogP contribution in [0.3, 0.4) is 0 Å². The first-order valence-electron chi connectivity index (χ1n) is 8.74. The van der Waals surface area contributed by atoms with Crippen LogP contribution in [0, 0.1) is 6.92 Å². The number of nitrogens with one attached hydrogen (secondary N) is 2. The lowest BCUT2D eigenvalue weighted by Crippen LogP contribution is -2.35. The second-order valence-electron chi connectivity index (χ2n) is 6.10. The SMILES string of the molecule is COC(=O)c1scc(-c2ccccc2)c1S(=O)(=O)NC(=O)Nc1nc(C)cc(OC)n1. The van der Waals surface area contributed by atoms with Crippen LogP contribution >= 0.6 is 11.3 Å². The molecule has 1 aromatic carbocycles. The predicted octanol–water partition coefficient (Wildman–Crippen LogP) is 2.82. The molecule has 2 heterocycles. The van der Waals surface area contributed by atoms with Crippen LogP contribution in [-0.4, -0.2) is 44.6 Å². The number of rotatable bonds is 6. The highest BCUT2D eigenvalue weighted by Gasteiger charge is 2.31. The minimum Gasteiger partial charge on any atom is -0.481 e. The maximum Gasteiger partial charge on any atom is 0.349 e. The molecule has 0 atom stereocenters. The molecule has 3 aromatic rings. The minimum absolute atomic E-state index is 0.147. The first-order valence-corrected chi connectivity index (χ1v) is 11.1. The Bertz CT molecular complexity index is 1230. The van der Waals surface area contributed by atoms with Crippen molar-refractivity contribution in [1.29, 1.82) is 0 Å². The number of ether oxygens (including phenoxy) is 2. The molecule has 2 amide bonds. The van der Waals surface area contributed by atoms with Gasteiger partial charge in [-0.25, -0.2) is 27.7 Å². The highest BCUT2D eigenvalue weighted by atomic mass is 32.2. The summed E-state index contributed by atoms with van der Waals surface area (Å²) in [5.74, 6) is -0.783. The van der Waals surface area contributed by atoms with E-state index >= 15 is 0 Å². The van der Waals surface area contributed by atoms with Gasteiger partial charge < -0.3 is 9.47 Å². The zero-order chi connectivity index (χ0) is 22.6. The van der Waals surface area contributed by atoms with E-state index in [0.717, 1.165) is 18.4 Å². The molecule has 0 fully saturated rings. The van der Waals surface area contributed by atoms with E-state index in [9.17, 15) is 18.0 Å². The average molecular weight is 463 g/mol. The summed E-state index contributed by atoms with van der Waals surface area (Å²) in [5.41, 5.74) is 1.32. The van der Waals surface area contributed by atoms with Gasteiger partial charge in [-0.3, -0.25) is 5.32 Å². The fraction of sp³-hybridized carbons (Fsp3) is 0.158. The maximum atomic E-state index is 13.1. The molecule has 0 aliphatic rings. The van der Waals surface area contributed by atoms with Crippen LogP contribution < -0.4 is 14.8 Å². The van der Waals surface area contributed by atoms with Gasteiger partial charge in [-0.2, -0.15) is 4.98 Å². The number of amides is 2. The first kappa shape index (κ1) is 22.2. The van der Waals surface area contributed by atoms with Gasteiger partial charge in [0, 0.05) is 22.7 Å². The Morgan fingerprint density at radius 1 is 1.10 bits per heavy atom. The number of urea groups is 1. The number of carbonyl (C=O) groups is 2. The summed E-state index contributed by atoms with van der Waals surface area (Å²) in [6, 6.07) is 9.04. The molecule has 2 N–H and O–H groups in total. The summed E-state index contributed by atoms with van der Waals surface area (Å²) in [7, 11) is -1.93. The quantitative estimate of drug-likeness (QED) is 0.534. The van der Waals surface area contributed by atoms with Crippen LogP contribution in [0.1, 0.15) is 15.4 Å². The second kappa shape index (κ2) is 9.10. The van der Waals surface area contributed by atoms with E-state index in [-0.39, 0.29) is 27.2 Å². The van der Waals surface area contributed by atoms with E-state index in [4.69, 9.17) is 9.47 Å². The van der Waals surface area contributed by atoms with Crippen molar-refractivity contribution < 1.29 is 27.5 Å². The number of anilines is 1. The molecule has 0 aliphatic carbocycles. The van der Waals surface area contributed by atoms with Gasteiger partial charge in [0.15, 0.2) is 0 Å². The van der Waals surface area contributed by atoms with E-state index in [1.807, 2.05) is 4.72 Å². The van der Waals surface area contributed by atoms with Crippen molar-refractivity contribution in [3.05, 3.63) is 52.3 Å². The summed E-state index contributed by atoms with van der Waals surface area (Å²) in [4.78, 5) is 32.0. The highest BCUT2D eigenvalue weighted by Crippen LogP contribution is 2.35. The van der Waals surface area contributed by atoms with Crippen molar-refractivity contribution in [2.45, 2.75) is 11.8 Å². The molecule has 2 aromatic heterocycles. The van der Waals surface area contributed by atoms with E-state index < -0.39 is 22.0 Å². The number of carbonyl (C=O) groups excluding carboxylic acids is 2. The van der Waals surface area contributed by atoms with Crippen molar-refractivity contribution in [1.82, 2.24) is 14.7 Å². The second-order valence-corrected chi connectivity index (χ2v) is 8.60. The monoisotopic (exact) mass is 462 g/mol. The number of methoxy groups -OCH3 is 2. The smallest absolute Gasteiger partial charge is 0.349 e. The van der Waals surface area contributed by atoms with Gasteiger partial charge in [0.1, 0.15) is 9.77 Å². The van der Waals surface area contributed by atoms with Crippen LogP contribution in [0.4, 0.5) is 10.7 Å². The van der Waals surface area contributed by atoms with Crippen molar-refractivity contribution in [3.8, 4) is 17.0 Å². The Hall–Kier alpha value is -3.51. The Balaban J connectivity index is 1.96. The molecular weight excluding hydrogens is 444 g/mol. The van der Waals surface area contributed by atoms with Gasteiger partial charge in [0.05, 0.1) is 14.2 Å². The summed E-state index contributed by atoms with van der Waals surface area (Å²) < 4.78 is 37.8. The number of hydrogen-bond acceptors (Lipinski definition) is 9. The molecule has 0 saturated carbocycles. The lowest BCUT2D eigenvalue weighted by atomic mass is 10.1. The average Bonchev–Trinajstić information content (AvgIpc) is 3.19. The zero-order valence-corrected chi connectivity index (χ0v) is 18.3. The van der Waals surface area contributed by atoms with E-state index in [1.165, 1.54) is 12.5 Å². The summed E-state index contributed by atoms with van der Waals surface area (Å²) >= 11 is 0.902. The fourth-order valence-corrected chi connectivity index (χ4v) is 5.29. The van der Waals surface area contributed by atoms with Crippen LogP contribution in [0.15, 0.2) is 46.7 Å². The van der Waals surface area contributed by atoms with Crippen molar-refractivity contribution >= 4 is 39.3 Å². The van der Waals surface area contributed by atoms with Gasteiger partial charge in [0.25, 0.3) is 10.0 Å². The Morgan fingerprint density at radius 2 is 1.81 bits per heavy atom. The summed E-state index contributed by atoms with van der Waals surface area (Å²) in [6.07, 6.45) is 0. The normalized spacial score (nSPS) is 10.9. The predicted molar refractivity (Wildman–Crippen MR) is 114 cm³/mol. The Morgan fingerprint density at radius 3 is 2.45 bits per heavy atom. The van der Waals surface area contributed by atoms with Gasteiger partial charge in [-0.15, -0.1) is 11.3 Å². The van der Waals surface area contributed by atoms with E-state index in [0.29, 0.717) is 11.3 Å². The molecule has 0 aliphatic heterocycles. The lowest BCUT2D eigenvalue weighted by molar-refractivity contribution is 0.0602. The molecule has 10 nitrogen and oxygen atoms in total. The molecule has 12 heteroatoms. The van der Waals surface area contributed by atoms with Gasteiger partial charge >= 0.3 is 12.0 Å². The van der Waals surface area contributed by atoms with Crippen LogP contribution in [0.25, 0.3) is 11.1 Å². The molecule has 0 spiro atoms. The standard InChI is InChI=1S/C19H18N4O6S2/c1-11-9-14(28-2)21-18(20-11)22-19(25)23-31(26,27)16-13(12-7-5-4-6-8-12)10-30-15(16)17(24)29-3/h4-10H,1-3H3,(H2,20,21,22,23,25). The van der Waals surface area contributed by atoms with Crippen molar-refractivity contribution in [3.63, 3.8) is 0 Å². The molecular formula is C19H18N4O6S2.